The molecule has 1 amide bonds. The van der Waals surface area contributed by atoms with E-state index in [4.69, 9.17) is 0 Å². The summed E-state index contributed by atoms with van der Waals surface area (Å²) in [5.41, 5.74) is 5.32. The number of hydrogen-bond donors (Lipinski definition) is 1. The van der Waals surface area contributed by atoms with E-state index in [0.29, 0.717) is 18.0 Å². The molecule has 2 aromatic rings. The number of likely N-dealkylation sites (tertiary alicyclic amines) is 1. The molecular formula is C22H27N3O. The highest BCUT2D eigenvalue weighted by Crippen LogP contribution is 2.41. The monoisotopic (exact) mass is 349 g/mol. The fourth-order valence-corrected chi connectivity index (χ4v) is 5.07. The standard InChI is InChI=1S/C22H27N3O/c1-3-8-24-13-16(22(26)25-9-7-14(25)2)10-18-17-5-4-6-19-21(17)15(12-23-19)11-20(18)24/h4-6,10,12,14,16,20,23H,3,7-9,11,13H2,1-2H3. The average molecular weight is 349 g/mol. The number of carbonyl (C=O) groups is 1. The van der Waals surface area contributed by atoms with Crippen LogP contribution < -0.4 is 0 Å². The number of rotatable bonds is 3. The van der Waals surface area contributed by atoms with Crippen molar-refractivity contribution < 1.29 is 4.79 Å². The lowest BCUT2D eigenvalue weighted by Crippen LogP contribution is -2.55. The van der Waals surface area contributed by atoms with Crippen molar-refractivity contribution in [2.45, 2.75) is 45.2 Å². The molecule has 26 heavy (non-hydrogen) atoms. The van der Waals surface area contributed by atoms with Crippen LogP contribution in [0.2, 0.25) is 0 Å². The zero-order chi connectivity index (χ0) is 17.8. The minimum atomic E-state index is -0.00806. The number of amides is 1. The lowest BCUT2D eigenvalue weighted by Gasteiger charge is -2.45. The van der Waals surface area contributed by atoms with E-state index in [-0.39, 0.29) is 5.92 Å². The van der Waals surface area contributed by atoms with Gasteiger partial charge in [-0.25, -0.2) is 0 Å². The summed E-state index contributed by atoms with van der Waals surface area (Å²) in [6.07, 6.45) is 7.78. The van der Waals surface area contributed by atoms with Crippen LogP contribution >= 0.6 is 0 Å². The lowest BCUT2D eigenvalue weighted by atomic mass is 9.79. The van der Waals surface area contributed by atoms with E-state index < -0.39 is 0 Å². The van der Waals surface area contributed by atoms with Crippen molar-refractivity contribution in [3.05, 3.63) is 41.6 Å². The Hall–Kier alpha value is -2.07. The van der Waals surface area contributed by atoms with Crippen molar-refractivity contribution in [2.24, 2.45) is 5.92 Å². The van der Waals surface area contributed by atoms with Crippen LogP contribution in [0, 0.1) is 5.92 Å². The Kier molecular flexibility index (Phi) is 3.71. The number of H-pyrrole nitrogens is 1. The summed E-state index contributed by atoms with van der Waals surface area (Å²) in [6, 6.07) is 7.33. The molecule has 1 saturated heterocycles. The number of carbonyl (C=O) groups excluding carboxylic acids is 1. The van der Waals surface area contributed by atoms with Crippen molar-refractivity contribution in [2.75, 3.05) is 19.6 Å². The van der Waals surface area contributed by atoms with Gasteiger partial charge in [0.1, 0.15) is 0 Å². The van der Waals surface area contributed by atoms with Crippen LogP contribution in [-0.4, -0.2) is 52.4 Å². The minimum Gasteiger partial charge on any atom is -0.361 e. The van der Waals surface area contributed by atoms with Gasteiger partial charge in [-0.2, -0.15) is 0 Å². The van der Waals surface area contributed by atoms with Gasteiger partial charge in [-0.1, -0.05) is 25.1 Å². The maximum atomic E-state index is 13.1. The third kappa shape index (κ3) is 2.28. The Morgan fingerprint density at radius 3 is 2.96 bits per heavy atom. The van der Waals surface area contributed by atoms with E-state index in [1.54, 1.807) is 0 Å². The second-order valence-electron chi connectivity index (χ2n) is 8.15. The smallest absolute Gasteiger partial charge is 0.231 e. The van der Waals surface area contributed by atoms with Crippen molar-refractivity contribution >= 4 is 22.4 Å². The van der Waals surface area contributed by atoms with E-state index in [0.717, 1.165) is 38.9 Å². The molecule has 1 aromatic carbocycles. The van der Waals surface area contributed by atoms with Gasteiger partial charge < -0.3 is 9.88 Å². The van der Waals surface area contributed by atoms with E-state index in [9.17, 15) is 4.79 Å². The SMILES string of the molecule is CCCN1CC(C(=O)N2CCC2C)C=C2c3cccc4[nH]cc(c34)CC21. The van der Waals surface area contributed by atoms with Gasteiger partial charge >= 0.3 is 0 Å². The topological polar surface area (TPSA) is 39.3 Å². The molecule has 1 aromatic heterocycles. The van der Waals surface area contributed by atoms with E-state index >= 15 is 0 Å². The number of hydrogen-bond acceptors (Lipinski definition) is 2. The van der Waals surface area contributed by atoms with E-state index in [2.05, 4.69) is 59.1 Å². The van der Waals surface area contributed by atoms with Crippen molar-refractivity contribution in [1.82, 2.24) is 14.8 Å². The molecule has 0 saturated carbocycles. The Bertz CT molecular complexity index is 896. The first-order chi connectivity index (χ1) is 12.7. The first-order valence-corrected chi connectivity index (χ1v) is 10.0. The maximum absolute atomic E-state index is 13.1. The van der Waals surface area contributed by atoms with E-state index in [1.807, 2.05) is 0 Å². The molecular weight excluding hydrogens is 322 g/mol. The van der Waals surface area contributed by atoms with Crippen LogP contribution in [0.3, 0.4) is 0 Å². The molecule has 3 heterocycles. The average Bonchev–Trinajstić information content (AvgIpc) is 3.05. The lowest BCUT2D eigenvalue weighted by molar-refractivity contribution is -0.142. The maximum Gasteiger partial charge on any atom is 0.231 e. The molecule has 5 rings (SSSR count). The molecule has 0 spiro atoms. The van der Waals surface area contributed by atoms with Gasteiger partial charge in [-0.15, -0.1) is 0 Å². The molecule has 4 heteroatoms. The van der Waals surface area contributed by atoms with Gasteiger partial charge in [0.25, 0.3) is 0 Å². The second kappa shape index (κ2) is 5.98. The molecule has 0 radical (unpaired) electrons. The molecule has 1 fully saturated rings. The first-order valence-electron chi connectivity index (χ1n) is 10.0. The molecule has 3 aliphatic rings. The molecule has 4 nitrogen and oxygen atoms in total. The highest BCUT2D eigenvalue weighted by molar-refractivity contribution is 5.99. The summed E-state index contributed by atoms with van der Waals surface area (Å²) in [4.78, 5) is 21.2. The molecule has 3 atom stereocenters. The molecule has 0 bridgehead atoms. The highest BCUT2D eigenvalue weighted by atomic mass is 16.2. The number of aromatic nitrogens is 1. The van der Waals surface area contributed by atoms with Crippen LogP contribution in [0.5, 0.6) is 0 Å². The summed E-state index contributed by atoms with van der Waals surface area (Å²) >= 11 is 0. The number of aromatic amines is 1. The zero-order valence-electron chi connectivity index (χ0n) is 15.7. The number of nitrogens with zero attached hydrogens (tertiary/aromatic N) is 2. The summed E-state index contributed by atoms with van der Waals surface area (Å²) in [5, 5.41) is 1.36. The number of fused-ring (bicyclic) bond motifs is 2. The third-order valence-electron chi connectivity index (χ3n) is 6.55. The Morgan fingerprint density at radius 1 is 1.35 bits per heavy atom. The first kappa shape index (κ1) is 16.1. The zero-order valence-corrected chi connectivity index (χ0v) is 15.7. The predicted molar refractivity (Wildman–Crippen MR) is 105 cm³/mol. The predicted octanol–water partition coefficient (Wildman–Crippen LogP) is 3.44. The summed E-state index contributed by atoms with van der Waals surface area (Å²) in [5.74, 6) is 0.314. The van der Waals surface area contributed by atoms with Crippen molar-refractivity contribution in [1.29, 1.82) is 0 Å². The van der Waals surface area contributed by atoms with Gasteiger partial charge in [0, 0.05) is 42.3 Å². The van der Waals surface area contributed by atoms with Crippen LogP contribution in [0.4, 0.5) is 0 Å². The van der Waals surface area contributed by atoms with Crippen LogP contribution in [0.25, 0.3) is 16.5 Å². The molecule has 1 N–H and O–H groups in total. The van der Waals surface area contributed by atoms with Crippen molar-refractivity contribution in [3.63, 3.8) is 0 Å². The van der Waals surface area contributed by atoms with Crippen molar-refractivity contribution in [3.8, 4) is 0 Å². The number of benzene rings is 1. The van der Waals surface area contributed by atoms with E-state index in [1.165, 1.54) is 27.6 Å². The Balaban J connectivity index is 1.59. The minimum absolute atomic E-state index is 0.00806. The highest BCUT2D eigenvalue weighted by Gasteiger charge is 2.40. The summed E-state index contributed by atoms with van der Waals surface area (Å²) in [6.45, 7) is 7.24. The van der Waals surface area contributed by atoms with Gasteiger partial charge in [-0.3, -0.25) is 9.69 Å². The van der Waals surface area contributed by atoms with Gasteiger partial charge in [0.2, 0.25) is 5.91 Å². The second-order valence-corrected chi connectivity index (χ2v) is 8.15. The van der Waals surface area contributed by atoms with Gasteiger partial charge in [0.05, 0.1) is 5.92 Å². The number of nitrogens with one attached hydrogen (secondary N) is 1. The molecule has 3 unspecified atom stereocenters. The Morgan fingerprint density at radius 2 is 2.23 bits per heavy atom. The third-order valence-corrected chi connectivity index (χ3v) is 6.55. The summed E-state index contributed by atoms with van der Waals surface area (Å²) < 4.78 is 0. The molecule has 1 aliphatic carbocycles. The fraction of sp³-hybridized carbons (Fsp3) is 0.500. The van der Waals surface area contributed by atoms with Gasteiger partial charge in [-0.05, 0) is 55.5 Å². The summed E-state index contributed by atoms with van der Waals surface area (Å²) in [7, 11) is 0. The molecule has 136 valence electrons. The van der Waals surface area contributed by atoms with Crippen LogP contribution in [0.15, 0.2) is 30.5 Å². The quantitative estimate of drug-likeness (QED) is 0.922. The normalized spacial score (nSPS) is 27.8. The van der Waals surface area contributed by atoms with Crippen LogP contribution in [0.1, 0.15) is 37.8 Å². The van der Waals surface area contributed by atoms with Crippen LogP contribution in [-0.2, 0) is 11.2 Å². The fourth-order valence-electron chi connectivity index (χ4n) is 5.07. The van der Waals surface area contributed by atoms with Gasteiger partial charge in [0.15, 0.2) is 0 Å². The largest absolute Gasteiger partial charge is 0.361 e. The molecule has 2 aliphatic heterocycles. The Labute approximate surface area is 154 Å².